The zero-order valence-corrected chi connectivity index (χ0v) is 12.1. The van der Waals surface area contributed by atoms with Gasteiger partial charge in [-0.05, 0) is 31.4 Å². The first-order valence-electron chi connectivity index (χ1n) is 6.38. The van der Waals surface area contributed by atoms with Crippen molar-refractivity contribution in [2.45, 2.75) is 38.7 Å². The van der Waals surface area contributed by atoms with Crippen LogP contribution in [0.15, 0.2) is 18.3 Å². The molecule has 1 N–H and O–H groups in total. The van der Waals surface area contributed by atoms with E-state index in [0.29, 0.717) is 25.0 Å². The fraction of sp³-hybridized carbons (Fsp3) is 0.615. The minimum atomic E-state index is -3.03. The molecule has 0 amide bonds. The van der Waals surface area contributed by atoms with E-state index in [1.807, 2.05) is 0 Å². The summed E-state index contributed by atoms with van der Waals surface area (Å²) in [5.74, 6) is -0.310. The zero-order chi connectivity index (χ0) is 14.5. The van der Waals surface area contributed by atoms with Gasteiger partial charge >= 0.3 is 0 Å². The van der Waals surface area contributed by atoms with E-state index in [2.05, 4.69) is 4.98 Å². The SMILES string of the molecule is CCC(O)(CCCS(=O)(=O)CC)c1ccc(F)cn1. The number of aromatic nitrogens is 1. The number of rotatable bonds is 7. The molecule has 1 unspecified atom stereocenters. The van der Waals surface area contributed by atoms with Gasteiger partial charge in [-0.2, -0.15) is 0 Å². The van der Waals surface area contributed by atoms with Gasteiger partial charge in [0.15, 0.2) is 0 Å². The van der Waals surface area contributed by atoms with Crippen molar-refractivity contribution in [3.63, 3.8) is 0 Å². The highest BCUT2D eigenvalue weighted by Crippen LogP contribution is 2.28. The molecule has 0 aromatic carbocycles. The maximum absolute atomic E-state index is 12.8. The van der Waals surface area contributed by atoms with Crippen molar-refractivity contribution in [3.05, 3.63) is 29.8 Å². The summed E-state index contributed by atoms with van der Waals surface area (Å²) in [7, 11) is -3.03. The molecule has 0 aliphatic heterocycles. The van der Waals surface area contributed by atoms with Crippen molar-refractivity contribution in [1.82, 2.24) is 4.98 Å². The molecule has 1 atom stereocenters. The van der Waals surface area contributed by atoms with E-state index >= 15 is 0 Å². The van der Waals surface area contributed by atoms with Gasteiger partial charge in [0, 0.05) is 5.75 Å². The van der Waals surface area contributed by atoms with Crippen LogP contribution in [0.5, 0.6) is 0 Å². The molecule has 0 saturated heterocycles. The molecule has 0 fully saturated rings. The Balaban J connectivity index is 2.73. The van der Waals surface area contributed by atoms with Crippen molar-refractivity contribution in [1.29, 1.82) is 0 Å². The largest absolute Gasteiger partial charge is 0.384 e. The van der Waals surface area contributed by atoms with E-state index in [1.165, 1.54) is 12.1 Å². The predicted octanol–water partition coefficient (Wildman–Crippen LogP) is 2.03. The van der Waals surface area contributed by atoms with Gasteiger partial charge in [-0.1, -0.05) is 13.8 Å². The molecular weight excluding hydrogens is 269 g/mol. The van der Waals surface area contributed by atoms with Gasteiger partial charge in [-0.3, -0.25) is 4.98 Å². The molecule has 0 saturated carbocycles. The lowest BCUT2D eigenvalue weighted by Crippen LogP contribution is -2.27. The van der Waals surface area contributed by atoms with Gasteiger partial charge < -0.3 is 5.11 Å². The lowest BCUT2D eigenvalue weighted by Gasteiger charge is -2.26. The van der Waals surface area contributed by atoms with Gasteiger partial charge in [0.25, 0.3) is 0 Å². The van der Waals surface area contributed by atoms with Crippen LogP contribution in [-0.2, 0) is 15.4 Å². The maximum atomic E-state index is 12.8. The minimum Gasteiger partial charge on any atom is -0.384 e. The normalized spacial score (nSPS) is 15.2. The van der Waals surface area contributed by atoms with Crippen LogP contribution < -0.4 is 0 Å². The number of hydrogen-bond donors (Lipinski definition) is 1. The Hall–Kier alpha value is -1.01. The molecule has 0 aliphatic carbocycles. The maximum Gasteiger partial charge on any atom is 0.150 e. The predicted molar refractivity (Wildman–Crippen MR) is 71.9 cm³/mol. The summed E-state index contributed by atoms with van der Waals surface area (Å²) >= 11 is 0. The fourth-order valence-corrected chi connectivity index (χ4v) is 2.74. The van der Waals surface area contributed by atoms with E-state index < -0.39 is 21.3 Å². The zero-order valence-electron chi connectivity index (χ0n) is 11.3. The Kier molecular flexibility index (Phi) is 5.43. The summed E-state index contributed by atoms with van der Waals surface area (Å²) in [6.07, 6.45) is 2.11. The van der Waals surface area contributed by atoms with E-state index in [1.54, 1.807) is 13.8 Å². The number of hydrogen-bond acceptors (Lipinski definition) is 4. The Morgan fingerprint density at radius 2 is 2.05 bits per heavy atom. The van der Waals surface area contributed by atoms with Crippen molar-refractivity contribution in [3.8, 4) is 0 Å². The lowest BCUT2D eigenvalue weighted by atomic mass is 9.91. The smallest absolute Gasteiger partial charge is 0.150 e. The summed E-state index contributed by atoms with van der Waals surface area (Å²) in [6.45, 7) is 3.39. The Morgan fingerprint density at radius 1 is 1.37 bits per heavy atom. The number of halogens is 1. The first-order chi connectivity index (χ1) is 8.83. The third-order valence-corrected chi connectivity index (χ3v) is 5.06. The van der Waals surface area contributed by atoms with Crippen LogP contribution in [0.25, 0.3) is 0 Å². The fourth-order valence-electron chi connectivity index (χ4n) is 1.87. The van der Waals surface area contributed by atoms with Crippen LogP contribution in [0.2, 0.25) is 0 Å². The molecule has 1 rings (SSSR count). The Morgan fingerprint density at radius 3 is 2.53 bits per heavy atom. The average molecular weight is 289 g/mol. The van der Waals surface area contributed by atoms with Gasteiger partial charge in [0.1, 0.15) is 21.3 Å². The average Bonchev–Trinajstić information content (AvgIpc) is 2.39. The first-order valence-corrected chi connectivity index (χ1v) is 8.20. The highest BCUT2D eigenvalue weighted by atomic mass is 32.2. The summed E-state index contributed by atoms with van der Waals surface area (Å²) in [5.41, 5.74) is -0.818. The van der Waals surface area contributed by atoms with Crippen LogP contribution >= 0.6 is 0 Å². The van der Waals surface area contributed by atoms with E-state index in [0.717, 1.165) is 6.20 Å². The molecule has 0 aliphatic rings. The van der Waals surface area contributed by atoms with Gasteiger partial charge in [-0.15, -0.1) is 0 Å². The summed E-state index contributed by atoms with van der Waals surface area (Å²) in [4.78, 5) is 3.88. The Bertz CT molecular complexity index is 501. The van der Waals surface area contributed by atoms with Crippen molar-refractivity contribution in [2.24, 2.45) is 0 Å². The highest BCUT2D eigenvalue weighted by Gasteiger charge is 2.28. The summed E-state index contributed by atoms with van der Waals surface area (Å²) in [5, 5.41) is 10.5. The summed E-state index contributed by atoms with van der Waals surface area (Å²) in [6, 6.07) is 2.68. The van der Waals surface area contributed by atoms with Gasteiger partial charge in [-0.25, -0.2) is 12.8 Å². The molecule has 0 spiro atoms. The first kappa shape index (κ1) is 16.0. The third kappa shape index (κ3) is 4.54. The molecule has 108 valence electrons. The van der Waals surface area contributed by atoms with Gasteiger partial charge in [0.2, 0.25) is 0 Å². The number of pyridine rings is 1. The third-order valence-electron chi connectivity index (χ3n) is 3.27. The van der Waals surface area contributed by atoms with Crippen LogP contribution in [-0.4, -0.2) is 30.0 Å². The number of nitrogens with zero attached hydrogens (tertiary/aromatic N) is 1. The van der Waals surface area contributed by atoms with Crippen LogP contribution in [0.4, 0.5) is 4.39 Å². The topological polar surface area (TPSA) is 67.3 Å². The monoisotopic (exact) mass is 289 g/mol. The molecule has 4 nitrogen and oxygen atoms in total. The molecule has 1 aromatic heterocycles. The van der Waals surface area contributed by atoms with Crippen molar-refractivity contribution in [2.75, 3.05) is 11.5 Å². The molecule has 1 heterocycles. The lowest BCUT2D eigenvalue weighted by molar-refractivity contribution is 0.0184. The Labute approximate surface area is 113 Å². The van der Waals surface area contributed by atoms with Crippen LogP contribution in [0, 0.1) is 5.82 Å². The molecule has 6 heteroatoms. The second-order valence-electron chi connectivity index (χ2n) is 4.59. The van der Waals surface area contributed by atoms with E-state index in [9.17, 15) is 17.9 Å². The number of aliphatic hydroxyl groups is 1. The van der Waals surface area contributed by atoms with Crippen LogP contribution in [0.3, 0.4) is 0 Å². The van der Waals surface area contributed by atoms with Crippen LogP contribution in [0.1, 0.15) is 38.8 Å². The van der Waals surface area contributed by atoms with E-state index in [-0.39, 0.29) is 11.5 Å². The molecule has 0 radical (unpaired) electrons. The molecule has 19 heavy (non-hydrogen) atoms. The quantitative estimate of drug-likeness (QED) is 0.834. The highest BCUT2D eigenvalue weighted by molar-refractivity contribution is 7.91. The summed E-state index contributed by atoms with van der Waals surface area (Å²) < 4.78 is 35.6. The molecule has 0 bridgehead atoms. The second kappa shape index (κ2) is 6.43. The van der Waals surface area contributed by atoms with E-state index in [4.69, 9.17) is 0 Å². The van der Waals surface area contributed by atoms with Crippen molar-refractivity contribution >= 4 is 9.84 Å². The standard InChI is InChI=1S/C13H20FNO3S/c1-3-13(16,8-5-9-19(17,18)4-2)12-7-6-11(14)10-15-12/h6-7,10,16H,3-5,8-9H2,1-2H3. The van der Waals surface area contributed by atoms with Crippen molar-refractivity contribution < 1.29 is 17.9 Å². The molecule has 1 aromatic rings. The minimum absolute atomic E-state index is 0.0486. The second-order valence-corrected chi connectivity index (χ2v) is 7.06. The molecular formula is C13H20FNO3S. The van der Waals surface area contributed by atoms with Gasteiger partial charge in [0.05, 0.1) is 17.6 Å². The number of sulfone groups is 1.